The lowest BCUT2D eigenvalue weighted by atomic mass is 10.2. The summed E-state index contributed by atoms with van der Waals surface area (Å²) in [6.07, 6.45) is 1.04. The van der Waals surface area contributed by atoms with Crippen LogP contribution in [0.4, 0.5) is 6.01 Å². The predicted molar refractivity (Wildman–Crippen MR) is 100.0 cm³/mol. The Hall–Kier alpha value is -3.05. The fourth-order valence-electron chi connectivity index (χ4n) is 2.39. The molecule has 0 fully saturated rings. The van der Waals surface area contributed by atoms with Gasteiger partial charge < -0.3 is 4.42 Å². The highest BCUT2D eigenvalue weighted by Crippen LogP contribution is 2.27. The predicted octanol–water partition coefficient (Wildman–Crippen LogP) is 1.55. The lowest BCUT2D eigenvalue weighted by Gasteiger charge is -2.04. The minimum absolute atomic E-state index is 0.0109. The first-order valence-electron chi connectivity index (χ1n) is 7.87. The number of carbonyl (C=O) groups excluding carboxylic acids is 1. The molecule has 1 aromatic heterocycles. The van der Waals surface area contributed by atoms with Gasteiger partial charge in [0.25, 0.3) is 5.89 Å². The van der Waals surface area contributed by atoms with E-state index in [2.05, 4.69) is 15.5 Å². The van der Waals surface area contributed by atoms with Gasteiger partial charge >= 0.3 is 6.01 Å². The zero-order valence-corrected chi connectivity index (χ0v) is 16.2. The number of anilines is 1. The number of nitrogens with one attached hydrogen (secondary N) is 1. The second-order valence-corrected chi connectivity index (χ2v) is 9.77. The van der Waals surface area contributed by atoms with Crippen LogP contribution in [0.25, 0.3) is 11.5 Å². The third kappa shape index (κ3) is 4.43. The molecule has 9 nitrogen and oxygen atoms in total. The summed E-state index contributed by atoms with van der Waals surface area (Å²) < 4.78 is 53.5. The molecule has 2 aromatic carbocycles. The third-order valence-electron chi connectivity index (χ3n) is 3.61. The van der Waals surface area contributed by atoms with E-state index >= 15 is 0 Å². The Morgan fingerprint density at radius 1 is 0.964 bits per heavy atom. The molecule has 146 valence electrons. The van der Waals surface area contributed by atoms with E-state index in [1.165, 1.54) is 24.3 Å². The highest BCUT2D eigenvalue weighted by molar-refractivity contribution is 7.92. The van der Waals surface area contributed by atoms with Crippen molar-refractivity contribution in [1.82, 2.24) is 10.2 Å². The fraction of sp³-hybridized carbons (Fsp3) is 0.118. The van der Waals surface area contributed by atoms with E-state index in [0.717, 1.165) is 6.26 Å². The largest absolute Gasteiger partial charge is 0.403 e. The van der Waals surface area contributed by atoms with Crippen molar-refractivity contribution in [3.05, 3.63) is 54.6 Å². The number of aromatic nitrogens is 2. The molecular formula is C17H15N3O6S2. The van der Waals surface area contributed by atoms with Gasteiger partial charge in [-0.3, -0.25) is 10.1 Å². The van der Waals surface area contributed by atoms with Crippen molar-refractivity contribution in [2.24, 2.45) is 0 Å². The SMILES string of the molecule is CS(=O)(=O)c1ccccc1-c1nnc(NC(=O)CS(=O)(=O)c2ccccc2)o1. The summed E-state index contributed by atoms with van der Waals surface area (Å²) in [5.74, 6) is -1.80. The van der Waals surface area contributed by atoms with Crippen LogP contribution in [0.5, 0.6) is 0 Å². The van der Waals surface area contributed by atoms with Gasteiger partial charge in [0.05, 0.1) is 15.4 Å². The van der Waals surface area contributed by atoms with Crippen molar-refractivity contribution in [3.8, 4) is 11.5 Å². The van der Waals surface area contributed by atoms with Gasteiger partial charge in [-0.15, -0.1) is 5.10 Å². The van der Waals surface area contributed by atoms with Crippen LogP contribution in [-0.4, -0.2) is 44.9 Å². The summed E-state index contributed by atoms with van der Waals surface area (Å²) >= 11 is 0. The number of hydrogen-bond acceptors (Lipinski definition) is 8. The number of nitrogens with zero attached hydrogens (tertiary/aromatic N) is 2. The van der Waals surface area contributed by atoms with Crippen molar-refractivity contribution in [2.45, 2.75) is 9.79 Å². The van der Waals surface area contributed by atoms with Gasteiger partial charge in [0.15, 0.2) is 19.7 Å². The number of rotatable bonds is 6. The van der Waals surface area contributed by atoms with Gasteiger partial charge in [-0.05, 0) is 24.3 Å². The maximum Gasteiger partial charge on any atom is 0.322 e. The molecule has 0 radical (unpaired) electrons. The molecule has 3 rings (SSSR count). The van der Waals surface area contributed by atoms with Crippen LogP contribution < -0.4 is 5.32 Å². The molecule has 0 aliphatic heterocycles. The highest BCUT2D eigenvalue weighted by atomic mass is 32.2. The molecule has 11 heteroatoms. The number of benzene rings is 2. The van der Waals surface area contributed by atoms with Gasteiger partial charge in [-0.1, -0.05) is 35.4 Å². The maximum absolute atomic E-state index is 12.2. The van der Waals surface area contributed by atoms with Gasteiger partial charge in [-0.25, -0.2) is 16.8 Å². The minimum atomic E-state index is -3.83. The molecule has 0 spiro atoms. The van der Waals surface area contributed by atoms with Crippen LogP contribution in [0.2, 0.25) is 0 Å². The number of hydrogen-bond donors (Lipinski definition) is 1. The van der Waals surface area contributed by atoms with Crippen LogP contribution in [0, 0.1) is 0 Å². The van der Waals surface area contributed by atoms with E-state index in [0.29, 0.717) is 0 Å². The second kappa shape index (κ2) is 7.52. The number of sulfone groups is 2. The summed E-state index contributed by atoms with van der Waals surface area (Å²) in [5, 5.41) is 9.55. The minimum Gasteiger partial charge on any atom is -0.403 e. The van der Waals surface area contributed by atoms with Crippen LogP contribution in [0.1, 0.15) is 0 Å². The van der Waals surface area contributed by atoms with E-state index in [1.54, 1.807) is 30.3 Å². The second-order valence-electron chi connectivity index (χ2n) is 5.80. The summed E-state index contributed by atoms with van der Waals surface area (Å²) in [6, 6.07) is 13.2. The lowest BCUT2D eigenvalue weighted by molar-refractivity contribution is -0.114. The quantitative estimate of drug-likeness (QED) is 0.633. The molecule has 3 aromatic rings. The van der Waals surface area contributed by atoms with Crippen molar-refractivity contribution in [2.75, 3.05) is 17.3 Å². The topological polar surface area (TPSA) is 136 Å². The molecule has 0 aliphatic rings. The molecule has 0 bridgehead atoms. The Labute approximate surface area is 161 Å². The Kier molecular flexibility index (Phi) is 5.29. The molecule has 1 heterocycles. The molecular weight excluding hydrogens is 406 g/mol. The first-order chi connectivity index (χ1) is 13.2. The molecule has 0 unspecified atom stereocenters. The van der Waals surface area contributed by atoms with Crippen molar-refractivity contribution >= 4 is 31.6 Å². The summed E-state index contributed by atoms with van der Waals surface area (Å²) in [6.45, 7) is 0. The molecule has 1 amide bonds. The smallest absolute Gasteiger partial charge is 0.322 e. The third-order valence-corrected chi connectivity index (χ3v) is 6.40. The lowest BCUT2D eigenvalue weighted by Crippen LogP contribution is -2.23. The van der Waals surface area contributed by atoms with Crippen molar-refractivity contribution < 1.29 is 26.0 Å². The zero-order valence-electron chi connectivity index (χ0n) is 14.6. The van der Waals surface area contributed by atoms with E-state index in [-0.39, 0.29) is 27.3 Å². The zero-order chi connectivity index (χ0) is 20.4. The summed E-state index contributed by atoms with van der Waals surface area (Å²) in [4.78, 5) is 12.1. The van der Waals surface area contributed by atoms with Gasteiger partial charge in [0, 0.05) is 6.26 Å². The van der Waals surface area contributed by atoms with E-state index in [1.807, 2.05) is 0 Å². The highest BCUT2D eigenvalue weighted by Gasteiger charge is 2.22. The average molecular weight is 421 g/mol. The van der Waals surface area contributed by atoms with Gasteiger partial charge in [0.1, 0.15) is 5.75 Å². The van der Waals surface area contributed by atoms with Crippen LogP contribution in [0.3, 0.4) is 0 Å². The van der Waals surface area contributed by atoms with Gasteiger partial charge in [-0.2, -0.15) is 0 Å². The van der Waals surface area contributed by atoms with Crippen LogP contribution in [-0.2, 0) is 24.5 Å². The molecule has 28 heavy (non-hydrogen) atoms. The summed E-state index contributed by atoms with van der Waals surface area (Å²) in [5.41, 5.74) is 0.176. The summed E-state index contributed by atoms with van der Waals surface area (Å²) in [7, 11) is -7.38. The Bertz CT molecular complexity index is 1220. The van der Waals surface area contributed by atoms with Crippen molar-refractivity contribution in [3.63, 3.8) is 0 Å². The van der Waals surface area contributed by atoms with Gasteiger partial charge in [0.2, 0.25) is 5.91 Å². The first kappa shape index (κ1) is 19.7. The molecule has 1 N–H and O–H groups in total. The van der Waals surface area contributed by atoms with Crippen molar-refractivity contribution in [1.29, 1.82) is 0 Å². The van der Waals surface area contributed by atoms with E-state index in [4.69, 9.17) is 4.42 Å². The van der Waals surface area contributed by atoms with Crippen LogP contribution >= 0.6 is 0 Å². The Morgan fingerprint density at radius 3 is 2.29 bits per heavy atom. The molecule has 0 saturated carbocycles. The van der Waals surface area contributed by atoms with E-state index in [9.17, 15) is 21.6 Å². The monoisotopic (exact) mass is 421 g/mol. The average Bonchev–Trinajstić information content (AvgIpc) is 3.09. The Morgan fingerprint density at radius 2 is 1.61 bits per heavy atom. The maximum atomic E-state index is 12.2. The normalized spacial score (nSPS) is 11.9. The fourth-order valence-corrected chi connectivity index (χ4v) is 4.42. The Balaban J connectivity index is 1.78. The first-order valence-corrected chi connectivity index (χ1v) is 11.4. The number of carbonyl (C=O) groups is 1. The number of amides is 1. The van der Waals surface area contributed by atoms with E-state index < -0.39 is 31.3 Å². The van der Waals surface area contributed by atoms with Crippen LogP contribution in [0.15, 0.2) is 68.8 Å². The molecule has 0 atom stereocenters. The molecule has 0 saturated heterocycles. The molecule has 0 aliphatic carbocycles. The standard InChI is InChI=1S/C17H15N3O6S2/c1-27(22,23)14-10-6-5-9-13(14)16-19-20-17(26-16)18-15(21)11-28(24,25)12-7-3-2-4-8-12/h2-10H,11H2,1H3,(H,18,20,21).